The molecular formula is C42H58Cl2IN16O6+. The number of halogens is 3. The van der Waals surface area contributed by atoms with Crippen molar-refractivity contribution >= 4 is 104 Å². The summed E-state index contributed by atoms with van der Waals surface area (Å²) in [5.74, 6) is -0.469. The molecule has 362 valence electrons. The number of amidine groups is 1. The molecule has 0 atom stereocenters. The predicted molar refractivity (Wildman–Crippen MR) is 269 cm³/mol. The van der Waals surface area contributed by atoms with E-state index in [4.69, 9.17) is 34.7 Å². The summed E-state index contributed by atoms with van der Waals surface area (Å²) in [4.78, 5) is 89.8. The molecule has 0 unspecified atom stereocenters. The number of allylic oxidation sites excluding steroid dienone is 3. The van der Waals surface area contributed by atoms with Gasteiger partial charge in [-0.1, -0.05) is 34.7 Å². The van der Waals surface area contributed by atoms with E-state index in [9.17, 15) is 24.0 Å². The molecular weight excluding hydrogens is 1020 g/mol. The zero-order chi connectivity index (χ0) is 46.7. The van der Waals surface area contributed by atoms with Crippen molar-refractivity contribution in [3.05, 3.63) is 94.5 Å². The van der Waals surface area contributed by atoms with Gasteiger partial charge in [-0.05, 0) is 98.1 Å². The molecule has 22 nitrogen and oxygen atoms in total. The van der Waals surface area contributed by atoms with Crippen molar-refractivity contribution in [3.63, 3.8) is 0 Å². The summed E-state index contributed by atoms with van der Waals surface area (Å²) in [6, 6.07) is 1.74. The number of nitrogens with two attached hydrogens (primary N) is 2. The lowest BCUT2D eigenvalue weighted by Gasteiger charge is -2.00. The number of nitrogens with zero attached hydrogens (tertiary/aromatic N) is 13. The highest BCUT2D eigenvalue weighted by molar-refractivity contribution is 14.1. The van der Waals surface area contributed by atoms with Gasteiger partial charge < -0.3 is 16.2 Å². The number of ether oxygens (including phenoxy) is 1. The first-order valence-corrected chi connectivity index (χ1v) is 20.4. The molecule has 0 bridgehead atoms. The minimum Gasteiger partial charge on any atom is -0.460 e. The van der Waals surface area contributed by atoms with Crippen molar-refractivity contribution in [2.75, 3.05) is 19.7 Å². The summed E-state index contributed by atoms with van der Waals surface area (Å²) in [5, 5.41) is 8.51. The number of hydrogen-bond acceptors (Lipinski definition) is 17. The van der Waals surface area contributed by atoms with Crippen molar-refractivity contribution in [1.29, 1.82) is 0 Å². The first-order chi connectivity index (χ1) is 29.7. The molecule has 0 saturated heterocycles. The van der Waals surface area contributed by atoms with Crippen LogP contribution >= 0.6 is 45.8 Å². The molecule has 0 aromatic carbocycles. The highest BCUT2D eigenvalue weighted by Crippen LogP contribution is 2.19. The van der Waals surface area contributed by atoms with Crippen LogP contribution in [0.4, 0.5) is 0 Å². The van der Waals surface area contributed by atoms with E-state index in [0.717, 1.165) is 31.9 Å². The number of esters is 1. The molecule has 0 amide bonds. The lowest BCUT2D eigenvalue weighted by Crippen LogP contribution is -2.53. The Balaban J connectivity index is 0.000000816. The van der Waals surface area contributed by atoms with Crippen LogP contribution in [0.3, 0.4) is 0 Å². The third kappa shape index (κ3) is 16.7. The van der Waals surface area contributed by atoms with E-state index in [1.54, 1.807) is 31.4 Å². The summed E-state index contributed by atoms with van der Waals surface area (Å²) >= 11 is 13.8. The highest BCUT2D eigenvalue weighted by atomic mass is 127. The fourth-order valence-corrected chi connectivity index (χ4v) is 5.92. The van der Waals surface area contributed by atoms with Gasteiger partial charge in [0.05, 0.1) is 46.9 Å². The second kappa shape index (κ2) is 27.2. The van der Waals surface area contributed by atoms with Crippen LogP contribution in [0, 0.1) is 17.4 Å². The average molecular weight is 1080 g/mol. The van der Waals surface area contributed by atoms with Crippen LogP contribution in [-0.2, 0) is 16.1 Å². The fraction of sp³-hybridized carbons (Fsp3) is 0.381. The molecule has 0 radical (unpaired) electrons. The van der Waals surface area contributed by atoms with Crippen LogP contribution in [0.2, 0.25) is 10.6 Å². The number of aromatic amines is 1. The molecule has 5 aromatic rings. The Labute approximate surface area is 412 Å². The van der Waals surface area contributed by atoms with Gasteiger partial charge in [-0.15, -0.1) is 0 Å². The molecule has 3 aliphatic heterocycles. The molecule has 0 saturated carbocycles. The predicted octanol–water partition coefficient (Wildman–Crippen LogP) is 5.58. The Morgan fingerprint density at radius 2 is 1.49 bits per heavy atom. The Kier molecular flexibility index (Phi) is 24.6. The summed E-state index contributed by atoms with van der Waals surface area (Å²) in [5.41, 5.74) is 16.6. The summed E-state index contributed by atoms with van der Waals surface area (Å²) in [6.07, 6.45) is 7.11. The number of hydrogen-bond donors (Lipinski definition) is 3. The Morgan fingerprint density at radius 1 is 0.881 bits per heavy atom. The molecule has 5 N–H and O–H groups in total. The monoisotopic (exact) mass is 1080 g/mol. The van der Waals surface area contributed by atoms with Gasteiger partial charge in [-0.3, -0.25) is 24.4 Å². The SMILES string of the molecule is C.C.C.C.CC(=O)c1nc(Cl)n2nc(C)c(I)c2n1.CC(=O)c1nc(Cl)n2nc(C)cc2n1.CC(=O)c1nc2[n+](c(=O)[nH]1)CC(C)=C2.CCOC(=O)C(N)=NC1=CC(C)=NC1.NC1=CC=NC1. The van der Waals surface area contributed by atoms with E-state index in [2.05, 4.69) is 82.4 Å². The van der Waals surface area contributed by atoms with Crippen molar-refractivity contribution in [2.24, 2.45) is 26.4 Å². The van der Waals surface area contributed by atoms with E-state index in [-0.39, 0.29) is 86.6 Å². The van der Waals surface area contributed by atoms with Gasteiger partial charge in [0.1, 0.15) is 0 Å². The maximum absolute atomic E-state index is 11.5. The normalized spacial score (nSPS) is 12.6. The Morgan fingerprint density at radius 3 is 2.00 bits per heavy atom. The molecule has 0 fully saturated rings. The number of carbonyl (C=O) groups excluding carboxylic acids is 4. The van der Waals surface area contributed by atoms with E-state index in [1.807, 2.05) is 33.8 Å². The second-order valence-electron chi connectivity index (χ2n) is 13.4. The number of ketones is 3. The van der Waals surface area contributed by atoms with E-state index < -0.39 is 5.97 Å². The molecule has 8 heterocycles. The minimum absolute atomic E-state index is 0. The number of aryl methyl sites for hydroxylation is 2. The van der Waals surface area contributed by atoms with Crippen LogP contribution in [0.15, 0.2) is 55.0 Å². The molecule has 0 aliphatic carbocycles. The van der Waals surface area contributed by atoms with Crippen molar-refractivity contribution in [2.45, 2.75) is 91.6 Å². The lowest BCUT2D eigenvalue weighted by atomic mass is 10.3. The summed E-state index contributed by atoms with van der Waals surface area (Å²) in [7, 11) is 0. The molecule has 8 rings (SSSR count). The zero-order valence-electron chi connectivity index (χ0n) is 35.3. The van der Waals surface area contributed by atoms with E-state index >= 15 is 0 Å². The van der Waals surface area contributed by atoms with Crippen molar-refractivity contribution < 1.29 is 28.5 Å². The first-order valence-electron chi connectivity index (χ1n) is 18.6. The summed E-state index contributed by atoms with van der Waals surface area (Å²) < 4.78 is 9.87. The molecule has 25 heteroatoms. The van der Waals surface area contributed by atoms with Crippen molar-refractivity contribution in [1.82, 2.24) is 49.1 Å². The number of Topliss-reactive ketones (excluding diaryl/α,β-unsaturated/α-hetero) is 3. The molecule has 67 heavy (non-hydrogen) atoms. The number of carbonyl (C=O) groups is 4. The Hall–Kier alpha value is -6.47. The Bertz CT molecular complexity index is 2880. The van der Waals surface area contributed by atoms with Gasteiger partial charge in [-0.2, -0.15) is 33.8 Å². The highest BCUT2D eigenvalue weighted by Gasteiger charge is 2.23. The number of aromatic nitrogens is 11. The number of nitrogens with one attached hydrogen (secondary N) is 1. The average Bonchev–Trinajstić information content (AvgIpc) is 4.07. The van der Waals surface area contributed by atoms with Gasteiger partial charge in [0.25, 0.3) is 5.82 Å². The zero-order valence-corrected chi connectivity index (χ0v) is 38.9. The first kappa shape index (κ1) is 60.5. The van der Waals surface area contributed by atoms with Gasteiger partial charge in [-0.25, -0.2) is 29.5 Å². The number of fused-ring (bicyclic) bond motifs is 3. The second-order valence-corrected chi connectivity index (χ2v) is 15.1. The van der Waals surface area contributed by atoms with Crippen molar-refractivity contribution in [3.8, 4) is 0 Å². The number of H-pyrrole nitrogens is 1. The van der Waals surface area contributed by atoms with Crippen LogP contribution < -0.4 is 21.7 Å². The van der Waals surface area contributed by atoms with Gasteiger partial charge in [0.2, 0.25) is 33.8 Å². The van der Waals surface area contributed by atoms with E-state index in [0.29, 0.717) is 49.1 Å². The maximum atomic E-state index is 11.5. The van der Waals surface area contributed by atoms with Crippen LogP contribution in [0.1, 0.15) is 120 Å². The largest absolute Gasteiger partial charge is 0.460 e. The van der Waals surface area contributed by atoms with Crippen LogP contribution in [-0.4, -0.2) is 110 Å². The summed E-state index contributed by atoms with van der Waals surface area (Å²) in [6.45, 7) is 15.4. The molecule has 3 aliphatic rings. The smallest absolute Gasteiger partial charge is 0.444 e. The topological polar surface area (TPSA) is 302 Å². The molecule has 5 aromatic heterocycles. The van der Waals surface area contributed by atoms with Crippen LogP contribution in [0.5, 0.6) is 0 Å². The minimum atomic E-state index is -0.585. The fourth-order valence-electron chi connectivity index (χ4n) is 5.06. The lowest BCUT2D eigenvalue weighted by molar-refractivity contribution is -0.706. The number of aliphatic imine (C=N–C) groups is 3. The van der Waals surface area contributed by atoms with Gasteiger partial charge >= 0.3 is 17.5 Å². The standard InChI is InChI=1S/C9H9N3O2.C9H13N3O2.C8H6ClIN4O.C8H7ClN4O.C4H6N2.4CH4/c1-5-3-7-10-8(6(2)13)11-9(14)12(7)4-5;1-3-14-9(13)8(10)12-7-4-6(2)11-5-7;1-3-5(10)7-11-6(4(2)15)12-8(9)14(7)13-3;1-4-3-6-10-7(5(2)14)11-8(9)13(6)12-4;5-4-1-2-6-3-4;;;;/h3H,4H2,1-2H3;4H,3,5H2,1-2H3,(H2,10,12);1-2H3;3H,1-2H3;1-2H,3,5H2;4*1H4/p+1. The third-order valence-corrected chi connectivity index (χ3v) is 9.71. The molecule has 0 spiro atoms. The van der Waals surface area contributed by atoms with E-state index in [1.165, 1.54) is 34.4 Å². The third-order valence-electron chi connectivity index (χ3n) is 7.96. The van der Waals surface area contributed by atoms with Gasteiger partial charge in [0.15, 0.2) is 22.9 Å². The maximum Gasteiger partial charge on any atom is 0.444 e. The number of rotatable bonds is 5. The quantitative estimate of drug-likeness (QED) is 0.0483. The van der Waals surface area contributed by atoms with Crippen LogP contribution in [0.25, 0.3) is 17.4 Å². The van der Waals surface area contributed by atoms with Gasteiger partial charge in [0, 0.05) is 50.5 Å².